The number of ether oxygens (including phenoxy) is 3. The molecule has 0 atom stereocenters. The standard InChI is InChI=1S/C27H27ClN2O6/c1-18-10-11-19(28)16-22(18)30-26(32)17-35-27(33)9-5-8-25(31)29-20-12-14-21(15-13-20)36-24-7-4-3-6-23(24)34-2/h3-4,6-7,10-16H,5,8-9,17H2,1-2H3,(H,29,31)(H,30,32). The van der Waals surface area contributed by atoms with Crippen LogP contribution in [0.2, 0.25) is 5.02 Å². The Morgan fingerprint density at radius 3 is 2.31 bits per heavy atom. The second kappa shape index (κ2) is 13.2. The maximum Gasteiger partial charge on any atom is 0.306 e. The fraction of sp³-hybridized carbons (Fsp3) is 0.222. The highest BCUT2D eigenvalue weighted by atomic mass is 35.5. The number of amides is 2. The van der Waals surface area contributed by atoms with Gasteiger partial charge in [-0.3, -0.25) is 14.4 Å². The molecule has 8 nitrogen and oxygen atoms in total. The first-order chi connectivity index (χ1) is 17.3. The summed E-state index contributed by atoms with van der Waals surface area (Å²) in [5, 5.41) is 5.91. The van der Waals surface area contributed by atoms with Gasteiger partial charge in [-0.25, -0.2) is 0 Å². The van der Waals surface area contributed by atoms with E-state index in [9.17, 15) is 14.4 Å². The number of methoxy groups -OCH3 is 1. The van der Waals surface area contributed by atoms with E-state index in [1.807, 2.05) is 19.1 Å². The Morgan fingerprint density at radius 2 is 1.58 bits per heavy atom. The number of hydrogen-bond donors (Lipinski definition) is 2. The highest BCUT2D eigenvalue weighted by Gasteiger charge is 2.11. The lowest BCUT2D eigenvalue weighted by atomic mass is 10.2. The maximum absolute atomic E-state index is 12.2. The monoisotopic (exact) mass is 510 g/mol. The molecule has 188 valence electrons. The highest BCUT2D eigenvalue weighted by molar-refractivity contribution is 6.31. The zero-order valence-electron chi connectivity index (χ0n) is 20.0. The molecule has 0 aliphatic carbocycles. The van der Waals surface area contributed by atoms with Gasteiger partial charge < -0.3 is 24.8 Å². The molecule has 0 heterocycles. The Morgan fingerprint density at radius 1 is 0.861 bits per heavy atom. The zero-order chi connectivity index (χ0) is 25.9. The van der Waals surface area contributed by atoms with Crippen molar-refractivity contribution in [3.8, 4) is 17.2 Å². The predicted molar refractivity (Wildman–Crippen MR) is 138 cm³/mol. The van der Waals surface area contributed by atoms with Gasteiger partial charge in [-0.15, -0.1) is 0 Å². The van der Waals surface area contributed by atoms with Gasteiger partial charge in [0.2, 0.25) is 5.91 Å². The van der Waals surface area contributed by atoms with Crippen LogP contribution in [0, 0.1) is 6.92 Å². The Balaban J connectivity index is 1.35. The summed E-state index contributed by atoms with van der Waals surface area (Å²) in [5.41, 5.74) is 1.99. The van der Waals surface area contributed by atoms with E-state index in [4.69, 9.17) is 25.8 Å². The van der Waals surface area contributed by atoms with Crippen molar-refractivity contribution in [3.63, 3.8) is 0 Å². The van der Waals surface area contributed by atoms with E-state index in [-0.39, 0.29) is 25.2 Å². The normalized spacial score (nSPS) is 10.3. The number of nitrogens with one attached hydrogen (secondary N) is 2. The molecule has 0 unspecified atom stereocenters. The molecule has 0 radical (unpaired) electrons. The molecule has 3 aromatic rings. The van der Waals surface area contributed by atoms with Gasteiger partial charge in [0.25, 0.3) is 5.91 Å². The van der Waals surface area contributed by atoms with Crippen molar-refractivity contribution >= 4 is 40.8 Å². The number of anilines is 2. The quantitative estimate of drug-likeness (QED) is 0.319. The van der Waals surface area contributed by atoms with Crippen LogP contribution in [0.25, 0.3) is 0 Å². The van der Waals surface area contributed by atoms with Gasteiger partial charge in [0.05, 0.1) is 7.11 Å². The fourth-order valence-corrected chi connectivity index (χ4v) is 3.36. The van der Waals surface area contributed by atoms with Gasteiger partial charge in [0.1, 0.15) is 5.75 Å². The predicted octanol–water partition coefficient (Wildman–Crippen LogP) is 5.74. The first-order valence-electron chi connectivity index (χ1n) is 11.3. The fourth-order valence-electron chi connectivity index (χ4n) is 3.19. The third-order valence-corrected chi connectivity index (χ3v) is 5.29. The Labute approximate surface area is 214 Å². The summed E-state index contributed by atoms with van der Waals surface area (Å²) in [6, 6.07) is 19.3. The van der Waals surface area contributed by atoms with E-state index in [1.165, 1.54) is 0 Å². The van der Waals surface area contributed by atoms with Crippen LogP contribution in [0.15, 0.2) is 66.7 Å². The van der Waals surface area contributed by atoms with Crippen molar-refractivity contribution in [2.24, 2.45) is 0 Å². The second-order valence-corrected chi connectivity index (χ2v) is 8.28. The van der Waals surface area contributed by atoms with Gasteiger partial charge in [-0.1, -0.05) is 29.8 Å². The van der Waals surface area contributed by atoms with Gasteiger partial charge in [-0.05, 0) is 67.4 Å². The van der Waals surface area contributed by atoms with E-state index in [0.29, 0.717) is 33.6 Å². The number of aryl methyl sites for hydroxylation is 1. The summed E-state index contributed by atoms with van der Waals surface area (Å²) in [6.45, 7) is 1.41. The third-order valence-electron chi connectivity index (χ3n) is 5.06. The molecular weight excluding hydrogens is 484 g/mol. The average Bonchev–Trinajstić information content (AvgIpc) is 2.86. The molecule has 0 saturated heterocycles. The molecule has 0 spiro atoms. The summed E-state index contributed by atoms with van der Waals surface area (Å²) in [7, 11) is 1.57. The van der Waals surface area contributed by atoms with Crippen LogP contribution in [0.5, 0.6) is 17.2 Å². The highest BCUT2D eigenvalue weighted by Crippen LogP contribution is 2.31. The Kier molecular flexibility index (Phi) is 9.71. The number of esters is 1. The minimum atomic E-state index is -0.557. The lowest BCUT2D eigenvalue weighted by molar-refractivity contribution is -0.147. The summed E-state index contributed by atoms with van der Waals surface area (Å²) in [5.74, 6) is 0.527. The van der Waals surface area contributed by atoms with E-state index >= 15 is 0 Å². The lowest BCUT2D eigenvalue weighted by Crippen LogP contribution is -2.21. The molecular formula is C27H27ClN2O6. The van der Waals surface area contributed by atoms with E-state index < -0.39 is 18.5 Å². The van der Waals surface area contributed by atoms with Crippen molar-refractivity contribution in [1.82, 2.24) is 0 Å². The average molecular weight is 511 g/mol. The van der Waals surface area contributed by atoms with Crippen LogP contribution in [0.4, 0.5) is 11.4 Å². The van der Waals surface area contributed by atoms with E-state index in [2.05, 4.69) is 10.6 Å². The van der Waals surface area contributed by atoms with Crippen LogP contribution in [0.1, 0.15) is 24.8 Å². The smallest absolute Gasteiger partial charge is 0.306 e. The number of carbonyl (C=O) groups is 3. The summed E-state index contributed by atoms with van der Waals surface area (Å²) in [6.07, 6.45) is 0.430. The lowest BCUT2D eigenvalue weighted by Gasteiger charge is -2.11. The molecule has 2 amide bonds. The zero-order valence-corrected chi connectivity index (χ0v) is 20.8. The molecule has 0 aliphatic rings. The van der Waals surface area contributed by atoms with Crippen LogP contribution in [0.3, 0.4) is 0 Å². The Bertz CT molecular complexity index is 1210. The molecule has 0 aliphatic heterocycles. The molecule has 3 rings (SSSR count). The number of carbonyl (C=O) groups excluding carboxylic acids is 3. The maximum atomic E-state index is 12.2. The first-order valence-corrected chi connectivity index (χ1v) is 11.6. The van der Waals surface area contributed by atoms with Crippen molar-refractivity contribution in [2.45, 2.75) is 26.2 Å². The topological polar surface area (TPSA) is 103 Å². The second-order valence-electron chi connectivity index (χ2n) is 7.85. The molecule has 0 saturated carbocycles. The van der Waals surface area contributed by atoms with Gasteiger partial charge in [-0.2, -0.15) is 0 Å². The van der Waals surface area contributed by atoms with Crippen molar-refractivity contribution in [3.05, 3.63) is 77.3 Å². The Hall–Kier alpha value is -4.04. The third kappa shape index (κ3) is 8.32. The molecule has 9 heteroatoms. The molecule has 0 aromatic heterocycles. The molecule has 0 fully saturated rings. The van der Waals surface area contributed by atoms with Crippen molar-refractivity contribution < 1.29 is 28.6 Å². The van der Waals surface area contributed by atoms with Gasteiger partial charge in [0, 0.05) is 29.2 Å². The molecule has 3 aromatic carbocycles. The molecule has 36 heavy (non-hydrogen) atoms. The van der Waals surface area contributed by atoms with Crippen LogP contribution >= 0.6 is 11.6 Å². The minimum Gasteiger partial charge on any atom is -0.493 e. The summed E-state index contributed by atoms with van der Waals surface area (Å²) < 4.78 is 16.1. The number of rotatable bonds is 11. The van der Waals surface area contributed by atoms with Crippen LogP contribution in [-0.2, 0) is 19.1 Å². The molecule has 0 bridgehead atoms. The van der Waals surface area contributed by atoms with Gasteiger partial charge >= 0.3 is 5.97 Å². The largest absolute Gasteiger partial charge is 0.493 e. The summed E-state index contributed by atoms with van der Waals surface area (Å²) >= 11 is 5.93. The SMILES string of the molecule is COc1ccccc1Oc1ccc(NC(=O)CCCC(=O)OCC(=O)Nc2cc(Cl)ccc2C)cc1. The van der Waals surface area contributed by atoms with Crippen molar-refractivity contribution in [2.75, 3.05) is 24.4 Å². The number of hydrogen-bond acceptors (Lipinski definition) is 6. The van der Waals surface area contributed by atoms with Crippen LogP contribution in [-0.4, -0.2) is 31.5 Å². The van der Waals surface area contributed by atoms with E-state index in [1.54, 1.807) is 61.7 Å². The number of halogens is 1. The van der Waals surface area contributed by atoms with E-state index in [0.717, 1.165) is 5.56 Å². The van der Waals surface area contributed by atoms with Gasteiger partial charge in [0.15, 0.2) is 18.1 Å². The molecule has 2 N–H and O–H groups in total. The van der Waals surface area contributed by atoms with Crippen molar-refractivity contribution in [1.29, 1.82) is 0 Å². The van der Waals surface area contributed by atoms with Crippen LogP contribution < -0.4 is 20.1 Å². The summed E-state index contributed by atoms with van der Waals surface area (Å²) in [4.78, 5) is 36.1. The minimum absolute atomic E-state index is 0.0164. The number of para-hydroxylation sites is 2. The number of benzene rings is 3. The first kappa shape index (κ1) is 26.6.